The van der Waals surface area contributed by atoms with E-state index in [1.54, 1.807) is 0 Å². The maximum atomic E-state index is 12.4. The molecule has 0 aliphatic carbocycles. The molecule has 3 saturated heterocycles. The fourth-order valence-corrected chi connectivity index (χ4v) is 4.04. The van der Waals surface area contributed by atoms with Crippen LogP contribution in [-0.4, -0.2) is 60.0 Å². The Labute approximate surface area is 146 Å². The van der Waals surface area contributed by atoms with Gasteiger partial charge in [0.05, 0.1) is 6.61 Å². The molecule has 3 fully saturated rings. The summed E-state index contributed by atoms with van der Waals surface area (Å²) in [4.78, 5) is 14.8. The standard InChI is InChI=1S/C17H21NO4.BrH/c1-18-13-7-11(8-14(18)16-15(13)22-16)21-17(20)12(9-19)10-5-3-2-4-6-10;/h2-6,11-16,19H,7-9H2,1H3;1H/t11?,12-,13+,14?,15-,16?;/m1./s1. The molecule has 6 atom stereocenters. The van der Waals surface area contributed by atoms with Gasteiger partial charge in [-0.05, 0) is 12.6 Å². The molecule has 23 heavy (non-hydrogen) atoms. The van der Waals surface area contributed by atoms with Crippen molar-refractivity contribution in [3.05, 3.63) is 35.9 Å². The van der Waals surface area contributed by atoms with Gasteiger partial charge in [-0.3, -0.25) is 9.69 Å². The molecule has 3 aliphatic rings. The SMILES string of the molecule is Br.CN1C2CC(OC(=O)[C@H](CO)c3ccccc3)C[C@H]1[C@H]1OC21. The number of halogens is 1. The van der Waals surface area contributed by atoms with Crippen molar-refractivity contribution in [3.63, 3.8) is 0 Å². The lowest BCUT2D eigenvalue weighted by Crippen LogP contribution is -2.48. The van der Waals surface area contributed by atoms with E-state index < -0.39 is 5.92 Å². The normalized spacial score (nSPS) is 35.8. The Bertz CT molecular complexity index is 551. The first-order chi connectivity index (χ1) is 10.7. The van der Waals surface area contributed by atoms with Crippen LogP contribution in [0.2, 0.25) is 0 Å². The zero-order chi connectivity index (χ0) is 15.3. The summed E-state index contributed by atoms with van der Waals surface area (Å²) in [5, 5.41) is 9.56. The molecular formula is C17H22BrNO4. The number of rotatable bonds is 4. The van der Waals surface area contributed by atoms with Crippen LogP contribution in [-0.2, 0) is 14.3 Å². The molecule has 1 aromatic carbocycles. The quantitative estimate of drug-likeness (QED) is 0.630. The van der Waals surface area contributed by atoms with Crippen LogP contribution in [0.5, 0.6) is 0 Å². The second kappa shape index (κ2) is 6.51. The van der Waals surface area contributed by atoms with E-state index in [4.69, 9.17) is 9.47 Å². The van der Waals surface area contributed by atoms with Crippen LogP contribution in [0.25, 0.3) is 0 Å². The first-order valence-corrected chi connectivity index (χ1v) is 7.92. The number of nitrogens with zero attached hydrogens (tertiary/aromatic N) is 1. The Morgan fingerprint density at radius 1 is 1.30 bits per heavy atom. The molecule has 3 aliphatic heterocycles. The van der Waals surface area contributed by atoms with Crippen LogP contribution < -0.4 is 0 Å². The number of hydrogen-bond acceptors (Lipinski definition) is 5. The summed E-state index contributed by atoms with van der Waals surface area (Å²) >= 11 is 0. The Morgan fingerprint density at radius 2 is 1.91 bits per heavy atom. The second-order valence-electron chi connectivity index (χ2n) is 6.54. The average molecular weight is 384 g/mol. The minimum Gasteiger partial charge on any atom is -0.462 e. The first-order valence-electron chi connectivity index (χ1n) is 7.92. The summed E-state index contributed by atoms with van der Waals surface area (Å²) in [5.41, 5.74) is 0.803. The zero-order valence-corrected chi connectivity index (χ0v) is 14.7. The predicted octanol–water partition coefficient (Wildman–Crippen LogP) is 1.50. The number of benzene rings is 1. The fourth-order valence-electron chi connectivity index (χ4n) is 4.04. The number of carbonyl (C=O) groups excluding carboxylic acids is 1. The molecule has 3 heterocycles. The smallest absolute Gasteiger partial charge is 0.316 e. The molecule has 126 valence electrons. The molecule has 0 aromatic heterocycles. The van der Waals surface area contributed by atoms with Crippen molar-refractivity contribution in [2.24, 2.45) is 0 Å². The van der Waals surface area contributed by atoms with E-state index in [-0.39, 0.29) is 35.7 Å². The van der Waals surface area contributed by atoms with Crippen LogP contribution in [0, 0.1) is 0 Å². The van der Waals surface area contributed by atoms with Gasteiger partial charge in [-0.1, -0.05) is 30.3 Å². The van der Waals surface area contributed by atoms with Gasteiger partial charge in [0.2, 0.25) is 0 Å². The minimum absolute atomic E-state index is 0. The first kappa shape index (κ1) is 16.9. The van der Waals surface area contributed by atoms with Gasteiger partial charge in [-0.2, -0.15) is 0 Å². The van der Waals surface area contributed by atoms with Gasteiger partial charge in [0, 0.05) is 24.9 Å². The number of ether oxygens (including phenoxy) is 2. The fraction of sp³-hybridized carbons (Fsp3) is 0.588. The number of likely N-dealkylation sites (N-methyl/N-ethyl adjacent to an activating group) is 1. The number of fused-ring (bicyclic) bond motifs is 5. The van der Waals surface area contributed by atoms with Crippen molar-refractivity contribution in [1.82, 2.24) is 4.90 Å². The maximum Gasteiger partial charge on any atom is 0.316 e. The van der Waals surface area contributed by atoms with E-state index in [0.717, 1.165) is 18.4 Å². The number of aliphatic hydroxyl groups excluding tert-OH is 1. The molecule has 3 unspecified atom stereocenters. The molecule has 0 saturated carbocycles. The van der Waals surface area contributed by atoms with E-state index in [1.807, 2.05) is 30.3 Å². The van der Waals surface area contributed by atoms with Gasteiger partial charge < -0.3 is 14.6 Å². The van der Waals surface area contributed by atoms with Gasteiger partial charge in [0.25, 0.3) is 0 Å². The van der Waals surface area contributed by atoms with Crippen LogP contribution in [0.1, 0.15) is 24.3 Å². The highest BCUT2D eigenvalue weighted by atomic mass is 79.9. The molecule has 0 spiro atoms. The summed E-state index contributed by atoms with van der Waals surface area (Å²) in [7, 11) is 2.13. The highest BCUT2D eigenvalue weighted by Crippen LogP contribution is 2.48. The number of morpholine rings is 1. The highest BCUT2D eigenvalue weighted by Gasteiger charge is 2.62. The maximum absolute atomic E-state index is 12.4. The van der Waals surface area contributed by atoms with E-state index >= 15 is 0 Å². The van der Waals surface area contributed by atoms with Crippen molar-refractivity contribution in [2.75, 3.05) is 13.7 Å². The lowest BCUT2D eigenvalue weighted by atomic mass is 9.97. The van der Waals surface area contributed by atoms with Crippen molar-refractivity contribution in [1.29, 1.82) is 0 Å². The number of epoxide rings is 1. The molecule has 0 amide bonds. The molecule has 0 radical (unpaired) electrons. The average Bonchev–Trinajstić information content (AvgIpc) is 3.27. The third kappa shape index (κ3) is 2.93. The summed E-state index contributed by atoms with van der Waals surface area (Å²) in [6, 6.07) is 10.1. The van der Waals surface area contributed by atoms with Gasteiger partial charge >= 0.3 is 5.97 Å². The number of hydrogen-bond donors (Lipinski definition) is 1. The minimum atomic E-state index is -0.593. The molecule has 6 heteroatoms. The van der Waals surface area contributed by atoms with Gasteiger partial charge in [-0.15, -0.1) is 17.0 Å². The Balaban J connectivity index is 0.00000156. The third-order valence-electron chi connectivity index (χ3n) is 5.33. The Hall–Kier alpha value is -0.950. The van der Waals surface area contributed by atoms with Gasteiger partial charge in [0.1, 0.15) is 24.2 Å². The van der Waals surface area contributed by atoms with Crippen molar-refractivity contribution in [3.8, 4) is 0 Å². The highest BCUT2D eigenvalue weighted by molar-refractivity contribution is 8.93. The van der Waals surface area contributed by atoms with Crippen molar-refractivity contribution in [2.45, 2.75) is 49.2 Å². The predicted molar refractivity (Wildman–Crippen MR) is 89.7 cm³/mol. The summed E-state index contributed by atoms with van der Waals surface area (Å²) in [6.07, 6.45) is 2.26. The van der Waals surface area contributed by atoms with Crippen molar-refractivity contribution >= 4 is 23.0 Å². The summed E-state index contributed by atoms with van der Waals surface area (Å²) in [6.45, 7) is -0.226. The van der Waals surface area contributed by atoms with Crippen LogP contribution in [0.4, 0.5) is 0 Å². The van der Waals surface area contributed by atoms with Crippen LogP contribution in [0.15, 0.2) is 30.3 Å². The van der Waals surface area contributed by atoms with Gasteiger partial charge in [0.15, 0.2) is 0 Å². The zero-order valence-electron chi connectivity index (χ0n) is 13.0. The second-order valence-corrected chi connectivity index (χ2v) is 6.54. The molecule has 5 nitrogen and oxygen atoms in total. The number of aliphatic hydroxyl groups is 1. The molecule has 4 rings (SSSR count). The molecule has 2 bridgehead atoms. The summed E-state index contributed by atoms with van der Waals surface area (Å²) in [5.74, 6) is -0.915. The number of piperidine rings is 1. The molecule has 1 N–H and O–H groups in total. The lowest BCUT2D eigenvalue weighted by Gasteiger charge is -2.38. The largest absolute Gasteiger partial charge is 0.462 e. The monoisotopic (exact) mass is 383 g/mol. The van der Waals surface area contributed by atoms with E-state index in [2.05, 4.69) is 11.9 Å². The topological polar surface area (TPSA) is 62.3 Å². The Kier molecular flexibility index (Phi) is 4.78. The number of carbonyl (C=O) groups is 1. The van der Waals surface area contributed by atoms with E-state index in [1.165, 1.54) is 0 Å². The lowest BCUT2D eigenvalue weighted by molar-refractivity contribution is -0.156. The molecular weight excluding hydrogens is 362 g/mol. The number of esters is 1. The van der Waals surface area contributed by atoms with E-state index in [9.17, 15) is 9.90 Å². The molecule has 1 aromatic rings. The van der Waals surface area contributed by atoms with Gasteiger partial charge in [-0.25, -0.2) is 0 Å². The van der Waals surface area contributed by atoms with Crippen LogP contribution >= 0.6 is 17.0 Å². The van der Waals surface area contributed by atoms with Crippen LogP contribution in [0.3, 0.4) is 0 Å². The Morgan fingerprint density at radius 3 is 2.48 bits per heavy atom. The summed E-state index contributed by atoms with van der Waals surface area (Å²) < 4.78 is 11.4. The third-order valence-corrected chi connectivity index (χ3v) is 5.33. The van der Waals surface area contributed by atoms with Crippen molar-refractivity contribution < 1.29 is 19.4 Å². The van der Waals surface area contributed by atoms with E-state index in [0.29, 0.717) is 24.3 Å².